The number of allylic oxidation sites excluding steroid dienone is 1. The van der Waals surface area contributed by atoms with Crippen molar-refractivity contribution >= 4 is 135 Å². The Morgan fingerprint density at radius 2 is 0.847 bits per heavy atom. The number of aromatic nitrogens is 2. The molecule has 0 saturated heterocycles. The fraction of sp³-hybridized carbons (Fsp3) is 0.0127. The highest BCUT2D eigenvalue weighted by atomic mass is 28.3. The first kappa shape index (κ1) is 48.8. The summed E-state index contributed by atoms with van der Waals surface area (Å²) in [7, 11) is -3.26. The number of hydrogen-bond acceptors (Lipinski definition) is 3. The molecular formula is C79H53N3O2Si. The molecule has 0 atom stereocenters. The van der Waals surface area contributed by atoms with Crippen LogP contribution >= 0.6 is 0 Å². The Hall–Kier alpha value is -10.9. The molecule has 5 nitrogen and oxygen atoms in total. The highest BCUT2D eigenvalue weighted by molar-refractivity contribution is 7.21. The van der Waals surface area contributed by atoms with Crippen LogP contribution in [0.4, 0.5) is 17.1 Å². The van der Waals surface area contributed by atoms with Gasteiger partial charge in [0.05, 0.1) is 22.2 Å². The van der Waals surface area contributed by atoms with Crippen LogP contribution in [0.2, 0.25) is 0 Å². The van der Waals surface area contributed by atoms with Crippen molar-refractivity contribution in [2.75, 3.05) is 4.90 Å². The maximum atomic E-state index is 6.49. The molecule has 0 unspecified atom stereocenters. The number of nitrogens with zero attached hydrogens (tertiary/aromatic N) is 3. The molecule has 0 aliphatic carbocycles. The Morgan fingerprint density at radius 3 is 1.46 bits per heavy atom. The Bertz CT molecular complexity index is 5370. The number of furan rings is 2. The van der Waals surface area contributed by atoms with Gasteiger partial charge in [-0.1, -0.05) is 207 Å². The molecule has 1 aliphatic rings. The minimum atomic E-state index is -3.26. The Balaban J connectivity index is 0.939. The van der Waals surface area contributed by atoms with Gasteiger partial charge in [0.15, 0.2) is 8.07 Å². The summed E-state index contributed by atoms with van der Waals surface area (Å²) in [4.78, 5) is 2.53. The fourth-order valence-corrected chi connectivity index (χ4v) is 19.7. The Labute approximate surface area is 492 Å². The minimum Gasteiger partial charge on any atom is -0.456 e. The van der Waals surface area contributed by atoms with Gasteiger partial charge in [0, 0.05) is 71.7 Å². The van der Waals surface area contributed by atoms with Gasteiger partial charge in [0.25, 0.3) is 0 Å². The van der Waals surface area contributed by atoms with Crippen LogP contribution in [0.25, 0.3) is 122 Å². The van der Waals surface area contributed by atoms with E-state index >= 15 is 0 Å². The molecule has 400 valence electrons. The summed E-state index contributed by atoms with van der Waals surface area (Å²) in [5.41, 5.74) is 19.2. The molecule has 4 aromatic heterocycles. The van der Waals surface area contributed by atoms with Crippen LogP contribution in [0.5, 0.6) is 0 Å². The average Bonchev–Trinajstić information content (AvgIpc) is 4.40. The van der Waals surface area contributed by atoms with Gasteiger partial charge >= 0.3 is 0 Å². The third kappa shape index (κ3) is 7.04. The molecule has 5 heterocycles. The van der Waals surface area contributed by atoms with Crippen molar-refractivity contribution in [2.45, 2.75) is 6.92 Å². The lowest BCUT2D eigenvalue weighted by Crippen LogP contribution is -2.77. The zero-order valence-electron chi connectivity index (χ0n) is 46.6. The Morgan fingerprint density at radius 1 is 0.365 bits per heavy atom. The average molecular weight is 1100 g/mol. The van der Waals surface area contributed by atoms with Crippen molar-refractivity contribution in [2.24, 2.45) is 0 Å². The first-order chi connectivity index (χ1) is 42.1. The van der Waals surface area contributed by atoms with Gasteiger partial charge in [-0.15, -0.1) is 0 Å². The van der Waals surface area contributed by atoms with E-state index in [-0.39, 0.29) is 0 Å². The van der Waals surface area contributed by atoms with Crippen molar-refractivity contribution in [3.8, 4) is 33.6 Å². The van der Waals surface area contributed by atoms with Gasteiger partial charge in [0.1, 0.15) is 22.3 Å². The van der Waals surface area contributed by atoms with Gasteiger partial charge in [-0.3, -0.25) is 0 Å². The van der Waals surface area contributed by atoms with E-state index in [0.717, 1.165) is 122 Å². The topological polar surface area (TPSA) is 39.4 Å². The molecule has 0 bridgehead atoms. The summed E-state index contributed by atoms with van der Waals surface area (Å²) in [6, 6.07) is 100. The number of hydrogen-bond donors (Lipinski definition) is 0. The number of benzene rings is 12. The molecular weight excluding hydrogens is 1050 g/mol. The van der Waals surface area contributed by atoms with Crippen molar-refractivity contribution < 1.29 is 8.83 Å². The molecule has 0 amide bonds. The molecule has 0 spiro atoms. The summed E-state index contributed by atoms with van der Waals surface area (Å²) in [5, 5.41) is 13.2. The molecule has 0 radical (unpaired) electrons. The highest BCUT2D eigenvalue weighted by Crippen LogP contribution is 2.47. The molecule has 85 heavy (non-hydrogen) atoms. The molecule has 0 fully saturated rings. The second-order valence-corrected chi connectivity index (χ2v) is 25.9. The van der Waals surface area contributed by atoms with E-state index in [9.17, 15) is 0 Å². The van der Waals surface area contributed by atoms with E-state index < -0.39 is 8.07 Å². The first-order valence-electron chi connectivity index (χ1n) is 29.1. The largest absolute Gasteiger partial charge is 0.456 e. The second kappa shape index (κ2) is 19.1. The molecule has 0 N–H and O–H groups in total. The van der Waals surface area contributed by atoms with E-state index in [4.69, 9.17) is 8.83 Å². The van der Waals surface area contributed by atoms with Crippen molar-refractivity contribution in [1.82, 2.24) is 9.13 Å². The summed E-state index contributed by atoms with van der Waals surface area (Å²) >= 11 is 0. The van der Waals surface area contributed by atoms with Crippen LogP contribution in [-0.2, 0) is 0 Å². The van der Waals surface area contributed by atoms with E-state index in [1.54, 1.807) is 0 Å². The summed E-state index contributed by atoms with van der Waals surface area (Å²) in [5.74, 6) is 0. The third-order valence-corrected chi connectivity index (χ3v) is 22.7. The molecule has 1 aliphatic heterocycles. The van der Waals surface area contributed by atoms with E-state index in [2.05, 4.69) is 301 Å². The standard InChI is InChI=1S/C79H53N3O2Si/c1-3-24-64-56(4-2)76-57(59-36-22-43-72-78(59)62-32-15-18-41-70(62)83-72)34-20-39-67(76)81(64)52-46-48-74-69(49-52)80(51-25-8-5-9-26-51)66-47-45-53(50-75(66)85(74,54-27-10-6-11-28-54)55-29-12-7-13-30-55)82-65-38-17-14-31-61(65)77-58(35-21-40-68(77)82)60-37-23-44-73-79(60)63-33-16-19-42-71(63)84-73/h3-50H,2H2,1H3/b24-3-. The number of anilines is 3. The van der Waals surface area contributed by atoms with E-state index in [0.29, 0.717) is 0 Å². The monoisotopic (exact) mass is 1100 g/mol. The lowest BCUT2D eigenvalue weighted by atomic mass is 9.94. The normalized spacial score (nSPS) is 13.1. The maximum Gasteiger partial charge on any atom is 0.184 e. The maximum absolute atomic E-state index is 6.49. The molecule has 16 aromatic rings. The zero-order valence-corrected chi connectivity index (χ0v) is 47.6. The number of fused-ring (bicyclic) bond motifs is 12. The lowest BCUT2D eigenvalue weighted by Gasteiger charge is -2.45. The Kier molecular flexibility index (Phi) is 10.9. The van der Waals surface area contributed by atoms with Crippen molar-refractivity contribution in [1.29, 1.82) is 0 Å². The van der Waals surface area contributed by atoms with Gasteiger partial charge in [-0.2, -0.15) is 0 Å². The lowest BCUT2D eigenvalue weighted by molar-refractivity contribution is 0.668. The second-order valence-electron chi connectivity index (χ2n) is 22.2. The SMILES string of the molecule is C=Cc1c(/C=C\C)n(-c2ccc3c(c2)N(c2ccccc2)c2ccc(-n4c5ccccc5c5c(-c6cccc7oc8ccccc8c67)cccc54)cc2[Si]3(c2ccccc2)c2ccccc2)c2cccc(-c3cccc4oc5ccccc5c34)c12. The zero-order chi connectivity index (χ0) is 56.3. The van der Waals surface area contributed by atoms with Crippen LogP contribution < -0.4 is 25.6 Å². The van der Waals surface area contributed by atoms with Crippen LogP contribution in [0.1, 0.15) is 18.2 Å². The molecule has 12 aromatic carbocycles. The van der Waals surface area contributed by atoms with Gasteiger partial charge < -0.3 is 22.9 Å². The third-order valence-electron chi connectivity index (χ3n) is 17.9. The number of rotatable bonds is 9. The fourth-order valence-electron chi connectivity index (χ4n) is 14.6. The minimum absolute atomic E-state index is 0.870. The van der Waals surface area contributed by atoms with Gasteiger partial charge in [0.2, 0.25) is 0 Å². The van der Waals surface area contributed by atoms with Crippen LogP contribution in [0, 0.1) is 0 Å². The summed E-state index contributed by atoms with van der Waals surface area (Å²) in [6.07, 6.45) is 6.42. The molecule has 0 saturated carbocycles. The van der Waals surface area contributed by atoms with Crippen molar-refractivity contribution in [3.63, 3.8) is 0 Å². The predicted molar refractivity (Wildman–Crippen MR) is 360 cm³/mol. The van der Waals surface area contributed by atoms with Gasteiger partial charge in [-0.25, -0.2) is 0 Å². The summed E-state index contributed by atoms with van der Waals surface area (Å²) in [6.45, 7) is 6.62. The van der Waals surface area contributed by atoms with Crippen molar-refractivity contribution in [3.05, 3.63) is 297 Å². The smallest absolute Gasteiger partial charge is 0.184 e. The van der Waals surface area contributed by atoms with E-state index in [1.165, 1.54) is 37.1 Å². The first-order valence-corrected chi connectivity index (χ1v) is 31.1. The van der Waals surface area contributed by atoms with Crippen LogP contribution in [0.15, 0.2) is 294 Å². The molecule has 17 rings (SSSR count). The van der Waals surface area contributed by atoms with Crippen LogP contribution in [-0.4, -0.2) is 17.2 Å². The molecule has 6 heteroatoms. The number of para-hydroxylation sites is 4. The van der Waals surface area contributed by atoms with Gasteiger partial charge in [-0.05, 0) is 141 Å². The summed E-state index contributed by atoms with van der Waals surface area (Å²) < 4.78 is 17.9. The highest BCUT2D eigenvalue weighted by Gasteiger charge is 2.49. The van der Waals surface area contributed by atoms with Crippen LogP contribution in [0.3, 0.4) is 0 Å². The van der Waals surface area contributed by atoms with E-state index in [1.807, 2.05) is 18.2 Å². The quantitative estimate of drug-likeness (QED) is 0.135. The predicted octanol–water partition coefficient (Wildman–Crippen LogP) is 18.7.